The molecule has 12 nitrogen and oxygen atoms in total. The first-order chi connectivity index (χ1) is 15.5. The quantitative estimate of drug-likeness (QED) is 0.316. The molecule has 0 fully saturated rings. The van der Waals surface area contributed by atoms with E-state index in [-0.39, 0.29) is 30.4 Å². The smallest absolute Gasteiger partial charge is 0.353 e. The number of nitro groups is 1. The van der Waals surface area contributed by atoms with E-state index in [0.717, 1.165) is 0 Å². The number of esters is 1. The monoisotopic (exact) mass is 463 g/mol. The third kappa shape index (κ3) is 6.57. The van der Waals surface area contributed by atoms with E-state index in [2.05, 4.69) is 15.3 Å². The van der Waals surface area contributed by atoms with E-state index in [1.54, 1.807) is 32.9 Å². The molecule has 1 aromatic heterocycles. The van der Waals surface area contributed by atoms with Gasteiger partial charge < -0.3 is 29.2 Å². The van der Waals surface area contributed by atoms with E-state index in [9.17, 15) is 14.9 Å². The van der Waals surface area contributed by atoms with Gasteiger partial charge in [-0.1, -0.05) is 0 Å². The predicted molar refractivity (Wildman–Crippen MR) is 121 cm³/mol. The molecule has 0 aliphatic rings. The molecule has 33 heavy (non-hydrogen) atoms. The number of carbonyl (C=O) groups excluding carboxylic acids is 1. The molecule has 0 aliphatic heterocycles. The first-order valence-electron chi connectivity index (χ1n) is 9.95. The Morgan fingerprint density at radius 3 is 2.21 bits per heavy atom. The highest BCUT2D eigenvalue weighted by Crippen LogP contribution is 2.38. The summed E-state index contributed by atoms with van der Waals surface area (Å²) in [7, 11) is 6.01. The van der Waals surface area contributed by atoms with Gasteiger partial charge in [0.05, 0.1) is 26.3 Å². The van der Waals surface area contributed by atoms with E-state index in [4.69, 9.17) is 18.9 Å². The highest BCUT2D eigenvalue weighted by Gasteiger charge is 2.28. The maximum absolute atomic E-state index is 12.2. The summed E-state index contributed by atoms with van der Waals surface area (Å²) in [5.41, 5.74) is -0.333. The van der Waals surface area contributed by atoms with Crippen LogP contribution in [0.5, 0.6) is 17.2 Å². The highest BCUT2D eigenvalue weighted by molar-refractivity contribution is 5.79. The molecule has 1 N–H and O–H groups in total. The van der Waals surface area contributed by atoms with E-state index < -0.39 is 16.5 Å². The number of likely N-dealkylation sites (N-methyl/N-ethyl adjacent to an activating group) is 1. The van der Waals surface area contributed by atoms with Crippen LogP contribution in [-0.4, -0.2) is 61.4 Å². The van der Waals surface area contributed by atoms with Crippen molar-refractivity contribution in [3.8, 4) is 17.2 Å². The largest absolute Gasteiger partial charge is 0.493 e. The number of aromatic nitrogens is 2. The van der Waals surface area contributed by atoms with Crippen LogP contribution >= 0.6 is 0 Å². The van der Waals surface area contributed by atoms with Crippen molar-refractivity contribution < 1.29 is 28.7 Å². The van der Waals surface area contributed by atoms with Gasteiger partial charge in [0, 0.05) is 13.6 Å². The van der Waals surface area contributed by atoms with Gasteiger partial charge in [-0.25, -0.2) is 9.97 Å². The lowest BCUT2D eigenvalue weighted by Crippen LogP contribution is -2.33. The van der Waals surface area contributed by atoms with Gasteiger partial charge in [0.2, 0.25) is 17.4 Å². The van der Waals surface area contributed by atoms with Crippen LogP contribution in [0.1, 0.15) is 26.3 Å². The third-order valence-electron chi connectivity index (χ3n) is 4.32. The summed E-state index contributed by atoms with van der Waals surface area (Å²) in [6, 6.07) is 3.44. The van der Waals surface area contributed by atoms with Gasteiger partial charge in [-0.15, -0.1) is 0 Å². The fourth-order valence-corrected chi connectivity index (χ4v) is 3.01. The average molecular weight is 463 g/mol. The van der Waals surface area contributed by atoms with Crippen molar-refractivity contribution in [2.75, 3.05) is 45.1 Å². The van der Waals surface area contributed by atoms with Gasteiger partial charge >= 0.3 is 11.7 Å². The number of carbonyl (C=O) groups is 1. The average Bonchev–Trinajstić information content (AvgIpc) is 2.74. The number of hydrogen-bond donors (Lipinski definition) is 1. The molecule has 1 heterocycles. The Morgan fingerprint density at radius 2 is 1.73 bits per heavy atom. The van der Waals surface area contributed by atoms with Crippen molar-refractivity contribution in [1.82, 2.24) is 9.97 Å². The molecule has 180 valence electrons. The SMILES string of the molecule is COc1cc(CNc2ncnc(N(C)CC(=O)OC(C)(C)C)c2[N+](=O)[O-])cc(OC)c1OC. The van der Waals surface area contributed by atoms with Gasteiger partial charge in [0.1, 0.15) is 18.5 Å². The second-order valence-electron chi connectivity index (χ2n) is 7.98. The number of hydrogen-bond acceptors (Lipinski definition) is 11. The highest BCUT2D eigenvalue weighted by atomic mass is 16.6. The summed E-state index contributed by atoms with van der Waals surface area (Å²) >= 11 is 0. The molecule has 0 amide bonds. The number of nitrogens with one attached hydrogen (secondary N) is 1. The molecule has 0 saturated heterocycles. The van der Waals surface area contributed by atoms with E-state index in [1.807, 2.05) is 0 Å². The number of ether oxygens (including phenoxy) is 4. The molecule has 0 spiro atoms. The number of anilines is 2. The lowest BCUT2D eigenvalue weighted by Gasteiger charge is -2.23. The van der Waals surface area contributed by atoms with Crippen LogP contribution in [0.25, 0.3) is 0 Å². The Hall–Kier alpha value is -3.83. The second kappa shape index (κ2) is 10.7. The number of methoxy groups -OCH3 is 3. The topological polar surface area (TPSA) is 138 Å². The van der Waals surface area contributed by atoms with Crippen LogP contribution in [0.4, 0.5) is 17.3 Å². The van der Waals surface area contributed by atoms with Gasteiger partial charge in [0.25, 0.3) is 0 Å². The number of rotatable bonds is 10. The van der Waals surface area contributed by atoms with Crippen molar-refractivity contribution >= 4 is 23.3 Å². The van der Waals surface area contributed by atoms with Gasteiger partial charge in [0.15, 0.2) is 11.5 Å². The molecular weight excluding hydrogens is 434 g/mol. The van der Waals surface area contributed by atoms with E-state index in [0.29, 0.717) is 22.8 Å². The summed E-state index contributed by atoms with van der Waals surface area (Å²) in [4.78, 5) is 32.8. The maximum Gasteiger partial charge on any atom is 0.353 e. The fraction of sp³-hybridized carbons (Fsp3) is 0.476. The Morgan fingerprint density at radius 1 is 1.12 bits per heavy atom. The second-order valence-corrected chi connectivity index (χ2v) is 7.98. The van der Waals surface area contributed by atoms with Crippen LogP contribution < -0.4 is 24.4 Å². The lowest BCUT2D eigenvalue weighted by molar-refractivity contribution is -0.383. The molecular formula is C21H29N5O7. The molecule has 12 heteroatoms. The van der Waals surface area contributed by atoms with Crippen molar-refractivity contribution in [1.29, 1.82) is 0 Å². The third-order valence-corrected chi connectivity index (χ3v) is 4.32. The molecule has 1 aromatic carbocycles. The van der Waals surface area contributed by atoms with Crippen molar-refractivity contribution in [2.24, 2.45) is 0 Å². The Bertz CT molecular complexity index is 982. The van der Waals surface area contributed by atoms with Gasteiger partial charge in [-0.2, -0.15) is 0 Å². The van der Waals surface area contributed by atoms with Crippen molar-refractivity contribution in [2.45, 2.75) is 32.9 Å². The first kappa shape index (κ1) is 25.4. The summed E-state index contributed by atoms with van der Waals surface area (Å²) < 4.78 is 21.3. The molecule has 2 rings (SSSR count). The van der Waals surface area contributed by atoms with Gasteiger partial charge in [-0.05, 0) is 38.5 Å². The van der Waals surface area contributed by atoms with E-state index >= 15 is 0 Å². The minimum Gasteiger partial charge on any atom is -0.493 e. The Balaban J connectivity index is 2.30. The minimum atomic E-state index is -0.678. The molecule has 0 aliphatic carbocycles. The predicted octanol–water partition coefficient (Wildman–Crippen LogP) is 2.80. The minimum absolute atomic E-state index is 0.00482. The van der Waals surface area contributed by atoms with E-state index in [1.165, 1.54) is 39.6 Å². The Labute approximate surface area is 192 Å². The molecule has 2 aromatic rings. The molecule has 0 saturated carbocycles. The van der Waals surface area contributed by atoms with Crippen LogP contribution in [0.15, 0.2) is 18.5 Å². The summed E-state index contributed by atoms with van der Waals surface area (Å²) in [6.07, 6.45) is 1.19. The molecule has 0 radical (unpaired) electrons. The lowest BCUT2D eigenvalue weighted by atomic mass is 10.1. The van der Waals surface area contributed by atoms with Crippen LogP contribution in [0, 0.1) is 10.1 Å². The van der Waals surface area contributed by atoms with Gasteiger partial charge in [-0.3, -0.25) is 14.9 Å². The first-order valence-corrected chi connectivity index (χ1v) is 9.95. The maximum atomic E-state index is 12.2. The zero-order valence-corrected chi connectivity index (χ0v) is 19.8. The summed E-state index contributed by atoms with van der Waals surface area (Å²) in [6.45, 7) is 5.17. The van der Waals surface area contributed by atoms with Crippen molar-refractivity contribution in [3.63, 3.8) is 0 Å². The number of nitrogens with zero attached hydrogens (tertiary/aromatic N) is 4. The normalized spacial score (nSPS) is 10.9. The fourth-order valence-electron chi connectivity index (χ4n) is 3.01. The number of benzene rings is 1. The van der Waals surface area contributed by atoms with Crippen LogP contribution in [-0.2, 0) is 16.1 Å². The zero-order valence-electron chi connectivity index (χ0n) is 19.8. The summed E-state index contributed by atoms with van der Waals surface area (Å²) in [5, 5.41) is 14.8. The van der Waals surface area contributed by atoms with Crippen molar-refractivity contribution in [3.05, 3.63) is 34.1 Å². The standard InChI is InChI=1S/C21H29N5O7/c1-21(2,3)33-16(27)11-25(4)20-17(26(28)29)19(23-12-24-20)22-10-13-8-14(30-5)18(32-7)15(9-13)31-6/h8-9,12H,10-11H2,1-7H3,(H,22,23,24). The summed E-state index contributed by atoms with van der Waals surface area (Å²) in [5.74, 6) is 0.767. The Kier molecular flexibility index (Phi) is 8.21. The molecule has 0 unspecified atom stereocenters. The van der Waals surface area contributed by atoms with Crippen LogP contribution in [0.2, 0.25) is 0 Å². The molecule has 0 bridgehead atoms. The zero-order chi connectivity index (χ0) is 24.8. The van der Waals surface area contributed by atoms with Crippen LogP contribution in [0.3, 0.4) is 0 Å². The molecule has 0 atom stereocenters.